The molecule has 0 N–H and O–H groups in total. The summed E-state index contributed by atoms with van der Waals surface area (Å²) in [5.41, 5.74) is 3.86. The molecule has 25 heavy (non-hydrogen) atoms. The molecule has 0 saturated heterocycles. The minimum atomic E-state index is 0.626. The van der Waals surface area contributed by atoms with Gasteiger partial charge in [0.2, 0.25) is 0 Å². The van der Waals surface area contributed by atoms with Gasteiger partial charge in [-0.3, -0.25) is 0 Å². The third kappa shape index (κ3) is 3.55. The highest BCUT2D eigenvalue weighted by Crippen LogP contribution is 2.36. The zero-order valence-electron chi connectivity index (χ0n) is 14.9. The first-order valence-corrected chi connectivity index (χ1v) is 8.59. The normalized spacial score (nSPS) is 11.0. The number of furan rings is 1. The van der Waals surface area contributed by atoms with Crippen molar-refractivity contribution in [3.63, 3.8) is 0 Å². The zero-order valence-corrected chi connectivity index (χ0v) is 14.9. The lowest BCUT2D eigenvalue weighted by Crippen LogP contribution is -1.97. The van der Waals surface area contributed by atoms with Crippen molar-refractivity contribution < 1.29 is 13.9 Å². The standard InChI is InChI=1S/C22H24O3/c1-5-7-9-23-19-13-17-18-14-20(24-10-8-6-2)16(4)12-22(18)25-21(17)11-15(19)3/h5-6,11-14H,1-2,7-10H2,3-4H3. The van der Waals surface area contributed by atoms with E-state index in [0.29, 0.717) is 13.2 Å². The molecule has 3 rings (SSSR count). The van der Waals surface area contributed by atoms with E-state index in [1.54, 1.807) is 0 Å². The van der Waals surface area contributed by atoms with Gasteiger partial charge in [0.05, 0.1) is 13.2 Å². The lowest BCUT2D eigenvalue weighted by molar-refractivity contribution is 0.323. The largest absolute Gasteiger partial charge is 0.493 e. The SMILES string of the molecule is C=CCCOc1cc2c(cc1C)oc1cc(C)c(OCCC=C)cc12. The summed E-state index contributed by atoms with van der Waals surface area (Å²) in [6.45, 7) is 12.8. The maximum absolute atomic E-state index is 6.03. The Morgan fingerprint density at radius 3 is 1.64 bits per heavy atom. The molecule has 3 nitrogen and oxygen atoms in total. The Morgan fingerprint density at radius 2 is 1.24 bits per heavy atom. The maximum Gasteiger partial charge on any atom is 0.135 e. The van der Waals surface area contributed by atoms with Crippen LogP contribution in [0.1, 0.15) is 24.0 Å². The first-order chi connectivity index (χ1) is 12.1. The Bertz CT molecular complexity index is 844. The molecule has 0 spiro atoms. The van der Waals surface area contributed by atoms with E-state index in [2.05, 4.69) is 25.3 Å². The molecule has 0 aliphatic rings. The predicted molar refractivity (Wildman–Crippen MR) is 104 cm³/mol. The molecule has 2 aromatic carbocycles. The van der Waals surface area contributed by atoms with Crippen LogP contribution in [0, 0.1) is 13.8 Å². The molecule has 1 heterocycles. The third-order valence-corrected chi connectivity index (χ3v) is 4.22. The second-order valence-electron chi connectivity index (χ2n) is 6.18. The molecule has 3 heteroatoms. The van der Waals surface area contributed by atoms with E-state index in [-0.39, 0.29) is 0 Å². The number of rotatable bonds is 8. The van der Waals surface area contributed by atoms with E-state index in [4.69, 9.17) is 13.9 Å². The fourth-order valence-electron chi connectivity index (χ4n) is 2.85. The average Bonchev–Trinajstić information content (AvgIpc) is 2.91. The van der Waals surface area contributed by atoms with Crippen LogP contribution in [-0.2, 0) is 0 Å². The molecule has 0 saturated carbocycles. The highest BCUT2D eigenvalue weighted by molar-refractivity contribution is 6.06. The molecule has 0 unspecified atom stereocenters. The summed E-state index contributed by atoms with van der Waals surface area (Å²) < 4.78 is 17.8. The van der Waals surface area contributed by atoms with E-state index in [1.807, 2.05) is 38.1 Å². The summed E-state index contributed by atoms with van der Waals surface area (Å²) in [7, 11) is 0. The van der Waals surface area contributed by atoms with Crippen molar-refractivity contribution in [2.24, 2.45) is 0 Å². The van der Waals surface area contributed by atoms with Crippen LogP contribution in [-0.4, -0.2) is 13.2 Å². The average molecular weight is 336 g/mol. The highest BCUT2D eigenvalue weighted by Gasteiger charge is 2.13. The van der Waals surface area contributed by atoms with Gasteiger partial charge in [0.15, 0.2) is 0 Å². The van der Waals surface area contributed by atoms with Gasteiger partial charge >= 0.3 is 0 Å². The smallest absolute Gasteiger partial charge is 0.135 e. The summed E-state index contributed by atoms with van der Waals surface area (Å²) in [4.78, 5) is 0. The van der Waals surface area contributed by atoms with Gasteiger partial charge in [0.1, 0.15) is 22.7 Å². The Hall–Kier alpha value is -2.68. The van der Waals surface area contributed by atoms with Gasteiger partial charge in [-0.2, -0.15) is 0 Å². The Labute approximate surface area is 148 Å². The van der Waals surface area contributed by atoms with E-state index < -0.39 is 0 Å². The molecule has 3 aromatic rings. The van der Waals surface area contributed by atoms with Crippen molar-refractivity contribution in [1.82, 2.24) is 0 Å². The van der Waals surface area contributed by atoms with Gasteiger partial charge in [0, 0.05) is 10.8 Å². The second kappa shape index (κ2) is 7.47. The van der Waals surface area contributed by atoms with Crippen LogP contribution in [0.25, 0.3) is 21.9 Å². The van der Waals surface area contributed by atoms with Gasteiger partial charge in [-0.15, -0.1) is 13.2 Å². The van der Waals surface area contributed by atoms with Crippen LogP contribution in [0.15, 0.2) is 54.0 Å². The minimum absolute atomic E-state index is 0.626. The van der Waals surface area contributed by atoms with Crippen molar-refractivity contribution in [3.05, 3.63) is 60.7 Å². The first-order valence-electron chi connectivity index (χ1n) is 8.59. The van der Waals surface area contributed by atoms with Crippen LogP contribution in [0.2, 0.25) is 0 Å². The van der Waals surface area contributed by atoms with Crippen LogP contribution < -0.4 is 9.47 Å². The van der Waals surface area contributed by atoms with Crippen molar-refractivity contribution in [3.8, 4) is 11.5 Å². The third-order valence-electron chi connectivity index (χ3n) is 4.22. The molecule has 130 valence electrons. The Balaban J connectivity index is 2.03. The second-order valence-corrected chi connectivity index (χ2v) is 6.18. The van der Waals surface area contributed by atoms with Gasteiger partial charge in [0.25, 0.3) is 0 Å². The summed E-state index contributed by atoms with van der Waals surface area (Å²) in [6.07, 6.45) is 5.36. The fraction of sp³-hybridized carbons (Fsp3) is 0.273. The number of fused-ring (bicyclic) bond motifs is 3. The number of hydrogen-bond donors (Lipinski definition) is 0. The number of aryl methyl sites for hydroxylation is 2. The molecule has 0 aliphatic carbocycles. The number of benzene rings is 2. The Kier molecular flexibility index (Phi) is 5.13. The van der Waals surface area contributed by atoms with Crippen molar-refractivity contribution >= 4 is 21.9 Å². The van der Waals surface area contributed by atoms with E-state index in [0.717, 1.165) is 57.4 Å². The monoisotopic (exact) mass is 336 g/mol. The van der Waals surface area contributed by atoms with Crippen molar-refractivity contribution in [2.75, 3.05) is 13.2 Å². The van der Waals surface area contributed by atoms with Crippen LogP contribution in [0.5, 0.6) is 11.5 Å². The van der Waals surface area contributed by atoms with Crippen LogP contribution >= 0.6 is 0 Å². The molecular weight excluding hydrogens is 312 g/mol. The molecule has 1 aromatic heterocycles. The molecule has 0 amide bonds. The lowest BCUT2D eigenvalue weighted by atomic mass is 10.1. The zero-order chi connectivity index (χ0) is 17.8. The Morgan fingerprint density at radius 1 is 0.800 bits per heavy atom. The predicted octanol–water partition coefficient (Wildman–Crippen LogP) is 6.11. The van der Waals surface area contributed by atoms with E-state index in [9.17, 15) is 0 Å². The molecule has 0 bridgehead atoms. The van der Waals surface area contributed by atoms with Gasteiger partial charge in [-0.05, 0) is 62.1 Å². The van der Waals surface area contributed by atoms with Gasteiger partial charge in [-0.1, -0.05) is 12.2 Å². The van der Waals surface area contributed by atoms with E-state index in [1.165, 1.54) is 0 Å². The summed E-state index contributed by atoms with van der Waals surface area (Å²) >= 11 is 0. The molecule has 0 atom stereocenters. The summed E-state index contributed by atoms with van der Waals surface area (Å²) in [5.74, 6) is 1.76. The van der Waals surface area contributed by atoms with E-state index >= 15 is 0 Å². The quantitative estimate of drug-likeness (QED) is 0.367. The highest BCUT2D eigenvalue weighted by atomic mass is 16.5. The molecule has 0 radical (unpaired) electrons. The first kappa shape index (κ1) is 17.2. The maximum atomic E-state index is 6.03. The van der Waals surface area contributed by atoms with Gasteiger partial charge < -0.3 is 13.9 Å². The fourth-order valence-corrected chi connectivity index (χ4v) is 2.85. The molecule has 0 fully saturated rings. The van der Waals surface area contributed by atoms with Crippen LogP contribution in [0.4, 0.5) is 0 Å². The summed E-state index contributed by atoms with van der Waals surface area (Å²) in [5, 5.41) is 2.09. The summed E-state index contributed by atoms with van der Waals surface area (Å²) in [6, 6.07) is 8.18. The van der Waals surface area contributed by atoms with Crippen LogP contribution in [0.3, 0.4) is 0 Å². The van der Waals surface area contributed by atoms with Crippen molar-refractivity contribution in [2.45, 2.75) is 26.7 Å². The topological polar surface area (TPSA) is 31.6 Å². The number of hydrogen-bond acceptors (Lipinski definition) is 3. The molecule has 0 aliphatic heterocycles. The minimum Gasteiger partial charge on any atom is -0.493 e. The lowest BCUT2D eigenvalue weighted by Gasteiger charge is -2.09. The van der Waals surface area contributed by atoms with Gasteiger partial charge in [-0.25, -0.2) is 0 Å². The number of ether oxygens (including phenoxy) is 2. The molecular formula is C22H24O3. The van der Waals surface area contributed by atoms with Crippen molar-refractivity contribution in [1.29, 1.82) is 0 Å².